The summed E-state index contributed by atoms with van der Waals surface area (Å²) in [5, 5.41) is 9.60. The first kappa shape index (κ1) is 18.6. The molecule has 1 saturated heterocycles. The average molecular weight is 404 g/mol. The van der Waals surface area contributed by atoms with Crippen LogP contribution in [0, 0.1) is 0 Å². The van der Waals surface area contributed by atoms with Gasteiger partial charge in [-0.2, -0.15) is 4.31 Å². The fraction of sp³-hybridized carbons (Fsp3) is 0.353. The maximum Gasteiger partial charge on any atom is 0.261 e. The molecule has 0 spiro atoms. The number of aromatic nitrogens is 4. The van der Waals surface area contributed by atoms with E-state index in [0.29, 0.717) is 37.1 Å². The highest BCUT2D eigenvalue weighted by Gasteiger charge is 2.29. The second-order valence-electron chi connectivity index (χ2n) is 6.48. The SMILES string of the molecule is O=c1c2ccc(N3CCN(S(=O)(=O)c4cnc[nH]4)CC3)cc2ncn1CCO. The van der Waals surface area contributed by atoms with E-state index in [9.17, 15) is 13.2 Å². The molecule has 0 unspecified atom stereocenters. The lowest BCUT2D eigenvalue weighted by Crippen LogP contribution is -2.48. The summed E-state index contributed by atoms with van der Waals surface area (Å²) < 4.78 is 27.9. The van der Waals surface area contributed by atoms with Gasteiger partial charge in [-0.25, -0.2) is 18.4 Å². The first-order valence-electron chi connectivity index (χ1n) is 8.84. The Hall–Kier alpha value is -2.76. The molecule has 3 aromatic rings. The minimum Gasteiger partial charge on any atom is -0.395 e. The summed E-state index contributed by atoms with van der Waals surface area (Å²) in [5.74, 6) is 0. The van der Waals surface area contributed by atoms with Gasteiger partial charge in [0.15, 0.2) is 5.03 Å². The molecule has 4 rings (SSSR count). The van der Waals surface area contributed by atoms with Crippen LogP contribution in [0.1, 0.15) is 0 Å². The lowest BCUT2D eigenvalue weighted by atomic mass is 10.2. The number of sulfonamides is 1. The molecule has 0 atom stereocenters. The Morgan fingerprint density at radius 3 is 2.64 bits per heavy atom. The van der Waals surface area contributed by atoms with Crippen molar-refractivity contribution in [2.75, 3.05) is 37.7 Å². The zero-order chi connectivity index (χ0) is 19.7. The number of hydrogen-bond donors (Lipinski definition) is 2. The summed E-state index contributed by atoms with van der Waals surface area (Å²) in [6, 6.07) is 5.40. The number of hydrogen-bond acceptors (Lipinski definition) is 7. The van der Waals surface area contributed by atoms with Crippen LogP contribution >= 0.6 is 0 Å². The van der Waals surface area contributed by atoms with Gasteiger partial charge in [0, 0.05) is 31.9 Å². The van der Waals surface area contributed by atoms with Gasteiger partial charge in [0.2, 0.25) is 0 Å². The predicted molar refractivity (Wildman–Crippen MR) is 103 cm³/mol. The minimum absolute atomic E-state index is 0.0926. The molecule has 1 aliphatic heterocycles. The number of rotatable bonds is 5. The summed E-state index contributed by atoms with van der Waals surface area (Å²) in [7, 11) is -3.56. The zero-order valence-corrected chi connectivity index (χ0v) is 15.8. The largest absolute Gasteiger partial charge is 0.395 e. The first-order valence-corrected chi connectivity index (χ1v) is 10.3. The second-order valence-corrected chi connectivity index (χ2v) is 8.38. The minimum atomic E-state index is -3.56. The summed E-state index contributed by atoms with van der Waals surface area (Å²) in [5.41, 5.74) is 1.27. The predicted octanol–water partition coefficient (Wildman–Crippen LogP) is -0.377. The molecule has 0 aliphatic carbocycles. The third-order valence-electron chi connectivity index (χ3n) is 4.84. The van der Waals surface area contributed by atoms with E-state index in [1.807, 2.05) is 12.1 Å². The van der Waals surface area contributed by atoms with Crippen molar-refractivity contribution < 1.29 is 13.5 Å². The van der Waals surface area contributed by atoms with Crippen molar-refractivity contribution in [3.8, 4) is 0 Å². The number of imidazole rings is 1. The number of nitrogens with one attached hydrogen (secondary N) is 1. The summed E-state index contributed by atoms with van der Waals surface area (Å²) in [6.45, 7) is 1.84. The number of aliphatic hydroxyl groups is 1. The Labute approximate surface area is 161 Å². The molecule has 3 heterocycles. The second kappa shape index (κ2) is 7.34. The monoisotopic (exact) mass is 404 g/mol. The highest BCUT2D eigenvalue weighted by atomic mass is 32.2. The summed E-state index contributed by atoms with van der Waals surface area (Å²) >= 11 is 0. The summed E-state index contributed by atoms with van der Waals surface area (Å²) in [4.78, 5) is 25.2. The maximum absolute atomic E-state index is 12.6. The van der Waals surface area contributed by atoms with Gasteiger partial charge in [-0.05, 0) is 18.2 Å². The number of nitrogens with zero attached hydrogens (tertiary/aromatic N) is 5. The van der Waals surface area contributed by atoms with Crippen LogP contribution in [0.4, 0.5) is 5.69 Å². The van der Waals surface area contributed by atoms with Crippen molar-refractivity contribution in [1.82, 2.24) is 23.8 Å². The van der Waals surface area contributed by atoms with E-state index < -0.39 is 10.0 Å². The van der Waals surface area contributed by atoms with Crippen LogP contribution in [0.3, 0.4) is 0 Å². The quantitative estimate of drug-likeness (QED) is 0.594. The van der Waals surface area contributed by atoms with Gasteiger partial charge >= 0.3 is 0 Å². The molecule has 0 amide bonds. The number of piperazine rings is 1. The van der Waals surface area contributed by atoms with Crippen molar-refractivity contribution in [2.45, 2.75) is 11.6 Å². The molecule has 1 aliphatic rings. The van der Waals surface area contributed by atoms with Crippen LogP contribution in [0.15, 0.2) is 46.9 Å². The molecule has 0 bridgehead atoms. The smallest absolute Gasteiger partial charge is 0.261 e. The maximum atomic E-state index is 12.6. The van der Waals surface area contributed by atoms with Gasteiger partial charge in [0.05, 0.1) is 42.9 Å². The molecular formula is C17H20N6O4S. The van der Waals surface area contributed by atoms with Crippen LogP contribution in [-0.4, -0.2) is 70.1 Å². The van der Waals surface area contributed by atoms with Crippen LogP contribution in [0.5, 0.6) is 0 Å². The topological polar surface area (TPSA) is 124 Å². The molecule has 11 heteroatoms. The van der Waals surface area contributed by atoms with E-state index in [1.54, 1.807) is 6.07 Å². The Morgan fingerprint density at radius 2 is 1.96 bits per heavy atom. The molecule has 28 heavy (non-hydrogen) atoms. The van der Waals surface area contributed by atoms with E-state index in [2.05, 4.69) is 19.9 Å². The van der Waals surface area contributed by atoms with E-state index in [0.717, 1.165) is 5.69 Å². The van der Waals surface area contributed by atoms with Gasteiger partial charge in [0.25, 0.3) is 15.6 Å². The fourth-order valence-electron chi connectivity index (χ4n) is 3.32. The Morgan fingerprint density at radius 1 is 1.18 bits per heavy atom. The molecule has 0 saturated carbocycles. The molecule has 2 aromatic heterocycles. The van der Waals surface area contributed by atoms with Crippen LogP contribution in [0.2, 0.25) is 0 Å². The molecular weight excluding hydrogens is 384 g/mol. The third-order valence-corrected chi connectivity index (χ3v) is 6.67. The standard InChI is InChI=1S/C17H20N6O4S/c24-8-7-22-12-20-15-9-13(1-2-14(15)17(22)25)21-3-5-23(6-4-21)28(26,27)16-10-18-11-19-16/h1-2,9-12,24H,3-8H2,(H,18,19). The Bertz CT molecular complexity index is 1130. The molecule has 2 N–H and O–H groups in total. The van der Waals surface area contributed by atoms with E-state index in [1.165, 1.54) is 27.7 Å². The Balaban J connectivity index is 1.52. The van der Waals surface area contributed by atoms with E-state index in [4.69, 9.17) is 5.11 Å². The summed E-state index contributed by atoms with van der Waals surface area (Å²) in [6.07, 6.45) is 4.08. The fourth-order valence-corrected chi connectivity index (χ4v) is 4.64. The number of aromatic amines is 1. The highest BCUT2D eigenvalue weighted by molar-refractivity contribution is 7.89. The van der Waals surface area contributed by atoms with Crippen molar-refractivity contribution in [3.05, 3.63) is 47.4 Å². The van der Waals surface area contributed by atoms with E-state index in [-0.39, 0.29) is 23.7 Å². The van der Waals surface area contributed by atoms with Gasteiger partial charge in [-0.3, -0.25) is 9.36 Å². The van der Waals surface area contributed by atoms with Gasteiger partial charge in [-0.1, -0.05) is 0 Å². The van der Waals surface area contributed by atoms with Crippen LogP contribution < -0.4 is 10.5 Å². The highest BCUT2D eigenvalue weighted by Crippen LogP contribution is 2.22. The lowest BCUT2D eigenvalue weighted by Gasteiger charge is -2.35. The van der Waals surface area contributed by atoms with Crippen molar-refractivity contribution in [2.24, 2.45) is 0 Å². The number of H-pyrrole nitrogens is 1. The number of aliphatic hydroxyl groups excluding tert-OH is 1. The third kappa shape index (κ3) is 3.28. The molecule has 1 aromatic carbocycles. The van der Waals surface area contributed by atoms with Crippen LogP contribution in [0.25, 0.3) is 10.9 Å². The van der Waals surface area contributed by atoms with Crippen LogP contribution in [-0.2, 0) is 16.6 Å². The molecule has 0 radical (unpaired) electrons. The average Bonchev–Trinajstić information content (AvgIpc) is 3.26. The Kier molecular flexibility index (Phi) is 4.87. The molecule has 1 fully saturated rings. The van der Waals surface area contributed by atoms with Crippen molar-refractivity contribution >= 4 is 26.6 Å². The number of fused-ring (bicyclic) bond motifs is 1. The van der Waals surface area contributed by atoms with Crippen molar-refractivity contribution in [1.29, 1.82) is 0 Å². The molecule has 148 valence electrons. The van der Waals surface area contributed by atoms with Gasteiger partial charge in [-0.15, -0.1) is 0 Å². The lowest BCUT2D eigenvalue weighted by molar-refractivity contribution is 0.274. The van der Waals surface area contributed by atoms with Gasteiger partial charge < -0.3 is 15.0 Å². The number of benzene rings is 1. The first-order chi connectivity index (χ1) is 13.5. The number of anilines is 1. The zero-order valence-electron chi connectivity index (χ0n) is 15.0. The van der Waals surface area contributed by atoms with E-state index >= 15 is 0 Å². The van der Waals surface area contributed by atoms with Crippen molar-refractivity contribution in [3.63, 3.8) is 0 Å². The molecule has 10 nitrogen and oxygen atoms in total. The normalized spacial score (nSPS) is 16.0. The van der Waals surface area contributed by atoms with Gasteiger partial charge in [0.1, 0.15) is 0 Å².